The van der Waals surface area contributed by atoms with Gasteiger partial charge >= 0.3 is 0 Å². The van der Waals surface area contributed by atoms with Gasteiger partial charge in [0.2, 0.25) is 17.6 Å². The Kier molecular flexibility index (Phi) is 5.05. The normalized spacial score (nSPS) is 21.1. The summed E-state index contributed by atoms with van der Waals surface area (Å²) in [5.74, 6) is 1.94. The third kappa shape index (κ3) is 4.41. The molecule has 5 nitrogen and oxygen atoms in total. The van der Waals surface area contributed by atoms with Crippen LogP contribution in [0.1, 0.15) is 44.9 Å². The van der Waals surface area contributed by atoms with Crippen molar-refractivity contribution >= 4 is 5.91 Å². The molecule has 0 saturated heterocycles. The summed E-state index contributed by atoms with van der Waals surface area (Å²) in [7, 11) is 0. The molecule has 0 aliphatic heterocycles. The quantitative estimate of drug-likeness (QED) is 0.919. The number of carbonyl (C=O) groups excluding carboxylic acids is 1. The van der Waals surface area contributed by atoms with Crippen LogP contribution in [0.3, 0.4) is 0 Å². The number of nitrogens with zero attached hydrogens (tertiary/aromatic N) is 2. The Morgan fingerprint density at radius 1 is 1.22 bits per heavy atom. The van der Waals surface area contributed by atoms with Crippen LogP contribution in [-0.4, -0.2) is 22.1 Å². The van der Waals surface area contributed by atoms with Crippen LogP contribution in [0, 0.1) is 5.92 Å². The fraction of sp³-hybridized carbons (Fsp3) is 0.500. The van der Waals surface area contributed by atoms with Crippen LogP contribution in [0.4, 0.5) is 0 Å². The molecule has 0 unspecified atom stereocenters. The first kappa shape index (κ1) is 15.7. The summed E-state index contributed by atoms with van der Waals surface area (Å²) in [4.78, 5) is 16.4. The zero-order valence-electron chi connectivity index (χ0n) is 13.5. The molecule has 1 fully saturated rings. The standard InChI is InChI=1S/C18H23N3O2/c1-13-7-9-15(10-8-13)19-16(22)11-12-17-20-18(21-23-17)14-5-3-2-4-6-14/h2-6,13,15H,7-12H2,1H3,(H,19,22). The summed E-state index contributed by atoms with van der Waals surface area (Å²) in [5, 5.41) is 7.09. The first-order chi connectivity index (χ1) is 11.2. The molecule has 1 heterocycles. The smallest absolute Gasteiger partial charge is 0.227 e. The van der Waals surface area contributed by atoms with Crippen molar-refractivity contribution in [2.75, 3.05) is 0 Å². The van der Waals surface area contributed by atoms with E-state index >= 15 is 0 Å². The van der Waals surface area contributed by atoms with E-state index in [2.05, 4.69) is 22.4 Å². The number of benzene rings is 1. The summed E-state index contributed by atoms with van der Waals surface area (Å²) in [5.41, 5.74) is 0.920. The SMILES string of the molecule is CC1CCC(NC(=O)CCc2nc(-c3ccccc3)no2)CC1. The summed E-state index contributed by atoms with van der Waals surface area (Å²) >= 11 is 0. The van der Waals surface area contributed by atoms with Gasteiger partial charge in [-0.15, -0.1) is 0 Å². The van der Waals surface area contributed by atoms with E-state index in [-0.39, 0.29) is 5.91 Å². The lowest BCUT2D eigenvalue weighted by Gasteiger charge is -2.26. The lowest BCUT2D eigenvalue weighted by atomic mass is 9.87. The third-order valence-electron chi connectivity index (χ3n) is 4.45. The van der Waals surface area contributed by atoms with E-state index in [0.717, 1.165) is 24.3 Å². The van der Waals surface area contributed by atoms with Crippen LogP contribution >= 0.6 is 0 Å². The first-order valence-corrected chi connectivity index (χ1v) is 8.38. The lowest BCUT2D eigenvalue weighted by molar-refractivity contribution is -0.122. The molecule has 5 heteroatoms. The van der Waals surface area contributed by atoms with E-state index in [1.54, 1.807) is 0 Å². The highest BCUT2D eigenvalue weighted by Crippen LogP contribution is 2.23. The van der Waals surface area contributed by atoms with E-state index in [4.69, 9.17) is 4.52 Å². The van der Waals surface area contributed by atoms with Crippen molar-refractivity contribution < 1.29 is 9.32 Å². The monoisotopic (exact) mass is 313 g/mol. The summed E-state index contributed by atoms with van der Waals surface area (Å²) in [6.07, 6.45) is 5.46. The molecule has 2 aromatic rings. The van der Waals surface area contributed by atoms with Crippen molar-refractivity contribution in [1.82, 2.24) is 15.5 Å². The number of aryl methyl sites for hydroxylation is 1. The minimum Gasteiger partial charge on any atom is -0.353 e. The van der Waals surface area contributed by atoms with Gasteiger partial charge in [0.1, 0.15) is 0 Å². The zero-order valence-corrected chi connectivity index (χ0v) is 13.5. The largest absolute Gasteiger partial charge is 0.353 e. The van der Waals surface area contributed by atoms with Gasteiger partial charge in [-0.05, 0) is 31.6 Å². The lowest BCUT2D eigenvalue weighted by Crippen LogP contribution is -2.37. The Bertz CT molecular complexity index is 631. The Balaban J connectivity index is 1.47. The van der Waals surface area contributed by atoms with Crippen LogP contribution in [0.15, 0.2) is 34.9 Å². The van der Waals surface area contributed by atoms with Crippen LogP contribution in [-0.2, 0) is 11.2 Å². The number of carbonyl (C=O) groups is 1. The van der Waals surface area contributed by atoms with Gasteiger partial charge in [0.05, 0.1) is 0 Å². The van der Waals surface area contributed by atoms with Gasteiger partial charge in [0.15, 0.2) is 0 Å². The zero-order chi connectivity index (χ0) is 16.1. The maximum absolute atomic E-state index is 12.0. The van der Waals surface area contributed by atoms with Crippen molar-refractivity contribution in [2.24, 2.45) is 5.92 Å². The molecule has 122 valence electrons. The van der Waals surface area contributed by atoms with Crippen LogP contribution in [0.5, 0.6) is 0 Å². The third-order valence-corrected chi connectivity index (χ3v) is 4.45. The Hall–Kier alpha value is -2.17. The van der Waals surface area contributed by atoms with Gasteiger partial charge in [0, 0.05) is 24.4 Å². The van der Waals surface area contributed by atoms with Crippen molar-refractivity contribution in [3.05, 3.63) is 36.2 Å². The van der Waals surface area contributed by atoms with Crippen LogP contribution < -0.4 is 5.32 Å². The average molecular weight is 313 g/mol. The first-order valence-electron chi connectivity index (χ1n) is 8.38. The molecule has 1 aliphatic carbocycles. The van der Waals surface area contributed by atoms with Gasteiger partial charge in [-0.1, -0.05) is 42.4 Å². The predicted octanol–water partition coefficient (Wildman–Crippen LogP) is 3.36. The molecule has 0 radical (unpaired) electrons. The molecular weight excluding hydrogens is 290 g/mol. The number of aromatic nitrogens is 2. The minimum atomic E-state index is 0.0732. The topological polar surface area (TPSA) is 68.0 Å². The van der Waals surface area contributed by atoms with Crippen LogP contribution in [0.2, 0.25) is 0 Å². The Labute approximate surface area is 136 Å². The van der Waals surface area contributed by atoms with Crippen LogP contribution in [0.25, 0.3) is 11.4 Å². The molecule has 23 heavy (non-hydrogen) atoms. The summed E-state index contributed by atoms with van der Waals surface area (Å²) in [6, 6.07) is 10.0. The molecule has 1 aromatic heterocycles. The van der Waals surface area contributed by atoms with Gasteiger partial charge in [-0.2, -0.15) is 4.98 Å². The fourth-order valence-electron chi connectivity index (χ4n) is 2.99. The number of hydrogen-bond donors (Lipinski definition) is 1. The number of rotatable bonds is 5. The van der Waals surface area contributed by atoms with Gasteiger partial charge in [-0.3, -0.25) is 4.79 Å². The highest BCUT2D eigenvalue weighted by atomic mass is 16.5. The Morgan fingerprint density at radius 3 is 2.70 bits per heavy atom. The molecule has 1 aromatic carbocycles. The highest BCUT2D eigenvalue weighted by molar-refractivity contribution is 5.76. The maximum Gasteiger partial charge on any atom is 0.227 e. The van der Waals surface area contributed by atoms with Gasteiger partial charge in [-0.25, -0.2) is 0 Å². The molecule has 1 N–H and O–H groups in total. The van der Waals surface area contributed by atoms with E-state index in [9.17, 15) is 4.79 Å². The highest BCUT2D eigenvalue weighted by Gasteiger charge is 2.20. The number of nitrogens with one attached hydrogen (secondary N) is 1. The summed E-state index contributed by atoms with van der Waals surface area (Å²) < 4.78 is 5.23. The molecule has 3 rings (SSSR count). The second-order valence-corrected chi connectivity index (χ2v) is 6.40. The van der Waals surface area contributed by atoms with E-state index in [0.29, 0.717) is 30.6 Å². The molecule has 0 bridgehead atoms. The number of hydrogen-bond acceptors (Lipinski definition) is 4. The van der Waals surface area contributed by atoms with Gasteiger partial charge in [0.25, 0.3) is 0 Å². The average Bonchev–Trinajstić information content (AvgIpc) is 3.05. The van der Waals surface area contributed by atoms with Crippen molar-refractivity contribution in [2.45, 2.75) is 51.5 Å². The maximum atomic E-state index is 12.0. The molecule has 1 saturated carbocycles. The summed E-state index contributed by atoms with van der Waals surface area (Å²) in [6.45, 7) is 2.28. The molecule has 0 atom stereocenters. The van der Waals surface area contributed by atoms with Crippen molar-refractivity contribution in [3.63, 3.8) is 0 Å². The van der Waals surface area contributed by atoms with Crippen molar-refractivity contribution in [1.29, 1.82) is 0 Å². The van der Waals surface area contributed by atoms with E-state index in [1.807, 2.05) is 30.3 Å². The fourth-order valence-corrected chi connectivity index (χ4v) is 2.99. The van der Waals surface area contributed by atoms with E-state index in [1.165, 1.54) is 12.8 Å². The molecule has 1 amide bonds. The minimum absolute atomic E-state index is 0.0732. The molecule has 1 aliphatic rings. The Morgan fingerprint density at radius 2 is 1.96 bits per heavy atom. The van der Waals surface area contributed by atoms with Crippen molar-refractivity contribution in [3.8, 4) is 11.4 Å². The van der Waals surface area contributed by atoms with Gasteiger partial charge < -0.3 is 9.84 Å². The molecular formula is C18H23N3O2. The predicted molar refractivity (Wildman–Crippen MR) is 87.6 cm³/mol. The van der Waals surface area contributed by atoms with E-state index < -0.39 is 0 Å². The second-order valence-electron chi connectivity index (χ2n) is 6.40. The second kappa shape index (κ2) is 7.40. The molecule has 0 spiro atoms. The number of amides is 1.